The van der Waals surface area contributed by atoms with Crippen molar-refractivity contribution in [1.29, 1.82) is 0 Å². The Morgan fingerprint density at radius 2 is 1.85 bits per heavy atom. The highest BCUT2D eigenvalue weighted by molar-refractivity contribution is 5.70. The Balaban J connectivity index is 2.05. The van der Waals surface area contributed by atoms with Crippen LogP contribution in [-0.4, -0.2) is 27.3 Å². The predicted molar refractivity (Wildman–Crippen MR) is 87.4 cm³/mol. The lowest BCUT2D eigenvalue weighted by molar-refractivity contribution is -0.137. The minimum atomic E-state index is -4.53. The first-order valence-corrected chi connectivity index (χ1v) is 7.46. The summed E-state index contributed by atoms with van der Waals surface area (Å²) in [6, 6.07) is 6.11. The Bertz CT molecular complexity index is 982. The van der Waals surface area contributed by atoms with Crippen LogP contribution in [0.1, 0.15) is 5.56 Å². The molecular weight excluding hydrogens is 365 g/mol. The molecule has 0 radical (unpaired) electrons. The van der Waals surface area contributed by atoms with Gasteiger partial charge in [0.15, 0.2) is 5.49 Å². The predicted octanol–water partition coefficient (Wildman–Crippen LogP) is 2.46. The van der Waals surface area contributed by atoms with Crippen LogP contribution in [0.2, 0.25) is 0 Å². The van der Waals surface area contributed by atoms with E-state index in [2.05, 4.69) is 25.3 Å². The molecule has 1 aromatic carbocycles. The second-order valence-electron chi connectivity index (χ2n) is 5.18. The zero-order valence-electron chi connectivity index (χ0n) is 13.9. The summed E-state index contributed by atoms with van der Waals surface area (Å²) in [5, 5.41) is 9.74. The number of aromatic amines is 1. The average Bonchev–Trinajstić information content (AvgIpc) is 2.68. The van der Waals surface area contributed by atoms with Gasteiger partial charge in [-0.05, 0) is 24.3 Å². The van der Waals surface area contributed by atoms with Gasteiger partial charge in [0.25, 0.3) is 0 Å². The molecule has 0 unspecified atom stereocenters. The van der Waals surface area contributed by atoms with Crippen molar-refractivity contribution in [2.24, 2.45) is 10.9 Å². The van der Waals surface area contributed by atoms with E-state index in [1.165, 1.54) is 37.7 Å². The van der Waals surface area contributed by atoms with Gasteiger partial charge in [-0.15, -0.1) is 5.10 Å². The van der Waals surface area contributed by atoms with Crippen LogP contribution in [0.25, 0.3) is 11.1 Å². The minimum absolute atomic E-state index is 0.0254. The van der Waals surface area contributed by atoms with E-state index in [4.69, 9.17) is 15.3 Å². The average molecular weight is 378 g/mol. The molecule has 8 nitrogen and oxygen atoms in total. The minimum Gasteiger partial charge on any atom is -0.467 e. The van der Waals surface area contributed by atoms with Crippen LogP contribution in [0.4, 0.5) is 13.2 Å². The molecule has 27 heavy (non-hydrogen) atoms. The summed E-state index contributed by atoms with van der Waals surface area (Å²) in [5.74, 6) is 5.06. The molecule has 3 N–H and O–H groups in total. The first-order valence-electron chi connectivity index (χ1n) is 7.46. The van der Waals surface area contributed by atoms with Crippen LogP contribution in [0.5, 0.6) is 17.6 Å². The van der Waals surface area contributed by atoms with Crippen molar-refractivity contribution in [3.8, 4) is 28.8 Å². The van der Waals surface area contributed by atoms with E-state index in [1.54, 1.807) is 0 Å². The maximum atomic E-state index is 13.1. The molecule has 0 atom stereocenters. The summed E-state index contributed by atoms with van der Waals surface area (Å²) >= 11 is 0. The number of halogens is 3. The van der Waals surface area contributed by atoms with E-state index in [1.807, 2.05) is 0 Å². The molecule has 0 aliphatic heterocycles. The molecule has 2 heterocycles. The third-order valence-electron chi connectivity index (χ3n) is 3.45. The number of hydrogen-bond donors (Lipinski definition) is 2. The molecule has 0 aliphatic carbocycles. The van der Waals surface area contributed by atoms with Crippen LogP contribution in [0, 0.1) is 0 Å². The van der Waals surface area contributed by atoms with Gasteiger partial charge in [-0.1, -0.05) is 0 Å². The van der Waals surface area contributed by atoms with Crippen LogP contribution in [0.3, 0.4) is 0 Å². The molecule has 0 saturated carbocycles. The van der Waals surface area contributed by atoms with Gasteiger partial charge in [-0.25, -0.2) is 9.97 Å². The topological polar surface area (TPSA) is 111 Å². The van der Waals surface area contributed by atoms with Gasteiger partial charge in [-0.3, -0.25) is 5.10 Å². The smallest absolute Gasteiger partial charge is 0.416 e. The second-order valence-corrected chi connectivity index (χ2v) is 5.18. The van der Waals surface area contributed by atoms with Crippen molar-refractivity contribution in [3.05, 3.63) is 53.8 Å². The maximum Gasteiger partial charge on any atom is 0.416 e. The van der Waals surface area contributed by atoms with Crippen LogP contribution < -0.4 is 20.8 Å². The Kier molecular flexibility index (Phi) is 4.92. The van der Waals surface area contributed by atoms with Gasteiger partial charge in [0.05, 0.1) is 12.7 Å². The highest BCUT2D eigenvalue weighted by atomic mass is 19.4. The van der Waals surface area contributed by atoms with Gasteiger partial charge in [0.1, 0.15) is 5.75 Å². The zero-order chi connectivity index (χ0) is 19.4. The SMILES string of the molecule is COc1ncc(-c2ccc(C(F)(F)F)cc2Oc2cc/c(=N/N)[nH]n2)cn1. The lowest BCUT2D eigenvalue weighted by Gasteiger charge is -2.14. The number of benzene rings is 1. The van der Waals surface area contributed by atoms with Gasteiger partial charge in [-0.2, -0.15) is 18.3 Å². The van der Waals surface area contributed by atoms with Gasteiger partial charge in [0, 0.05) is 29.6 Å². The number of nitrogens with two attached hydrogens (primary N) is 1. The van der Waals surface area contributed by atoms with Crippen molar-refractivity contribution in [1.82, 2.24) is 20.2 Å². The van der Waals surface area contributed by atoms with E-state index in [0.717, 1.165) is 12.1 Å². The van der Waals surface area contributed by atoms with E-state index in [9.17, 15) is 13.2 Å². The quantitative estimate of drug-likeness (QED) is 0.533. The number of nitrogens with one attached hydrogen (secondary N) is 1. The molecule has 0 bridgehead atoms. The number of H-pyrrole nitrogens is 1. The zero-order valence-corrected chi connectivity index (χ0v) is 13.9. The second kappa shape index (κ2) is 7.32. The summed E-state index contributed by atoms with van der Waals surface area (Å²) in [4.78, 5) is 7.91. The van der Waals surface area contributed by atoms with Crippen molar-refractivity contribution >= 4 is 0 Å². The first-order chi connectivity index (χ1) is 12.9. The number of alkyl halides is 3. The van der Waals surface area contributed by atoms with E-state index < -0.39 is 11.7 Å². The van der Waals surface area contributed by atoms with E-state index in [-0.39, 0.29) is 23.1 Å². The number of hydrogen-bond acceptors (Lipinski definition) is 7. The molecule has 11 heteroatoms. The van der Waals surface area contributed by atoms with Crippen LogP contribution in [0.15, 0.2) is 47.8 Å². The first kappa shape index (κ1) is 18.2. The highest BCUT2D eigenvalue weighted by Crippen LogP contribution is 2.38. The van der Waals surface area contributed by atoms with E-state index >= 15 is 0 Å². The Morgan fingerprint density at radius 3 is 2.41 bits per heavy atom. The summed E-state index contributed by atoms with van der Waals surface area (Å²) in [6.45, 7) is 0. The van der Waals surface area contributed by atoms with Crippen molar-refractivity contribution < 1.29 is 22.6 Å². The molecule has 0 fully saturated rings. The number of ether oxygens (including phenoxy) is 2. The summed E-state index contributed by atoms with van der Waals surface area (Å²) < 4.78 is 49.7. The lowest BCUT2D eigenvalue weighted by atomic mass is 10.0. The summed E-state index contributed by atoms with van der Waals surface area (Å²) in [7, 11) is 1.40. The van der Waals surface area contributed by atoms with Crippen molar-refractivity contribution in [2.45, 2.75) is 6.18 Å². The van der Waals surface area contributed by atoms with Crippen LogP contribution >= 0.6 is 0 Å². The molecule has 3 rings (SSSR count). The lowest BCUT2D eigenvalue weighted by Crippen LogP contribution is -2.11. The van der Waals surface area contributed by atoms with Gasteiger partial charge >= 0.3 is 12.2 Å². The number of rotatable bonds is 4. The Morgan fingerprint density at radius 1 is 1.11 bits per heavy atom. The largest absolute Gasteiger partial charge is 0.467 e. The maximum absolute atomic E-state index is 13.1. The Hall–Kier alpha value is -3.63. The molecule has 3 aromatic rings. The fourth-order valence-electron chi connectivity index (χ4n) is 2.16. The molecule has 0 saturated heterocycles. The van der Waals surface area contributed by atoms with Gasteiger partial charge in [0.2, 0.25) is 5.88 Å². The fraction of sp³-hybridized carbons (Fsp3) is 0.125. The molecule has 0 aliphatic rings. The van der Waals surface area contributed by atoms with Crippen molar-refractivity contribution in [3.63, 3.8) is 0 Å². The molecule has 140 valence electrons. The highest BCUT2D eigenvalue weighted by Gasteiger charge is 2.31. The summed E-state index contributed by atoms with van der Waals surface area (Å²) in [6.07, 6.45) is -1.70. The number of nitrogens with zero attached hydrogens (tertiary/aromatic N) is 4. The fourth-order valence-corrected chi connectivity index (χ4v) is 2.16. The third-order valence-corrected chi connectivity index (χ3v) is 3.45. The monoisotopic (exact) mass is 378 g/mol. The Labute approximate surface area is 150 Å². The number of methoxy groups -OCH3 is 1. The number of aromatic nitrogens is 4. The standard InChI is InChI=1S/C16H13F3N6O2/c1-26-15-21-7-9(8-22-15)11-3-2-10(16(17,18)19)6-12(11)27-14-5-4-13(23-20)24-25-14/h2-8H,20H2,1H3,(H,23,24). The van der Waals surface area contributed by atoms with Crippen LogP contribution in [-0.2, 0) is 6.18 Å². The molecular formula is C16H13F3N6O2. The van der Waals surface area contributed by atoms with Gasteiger partial charge < -0.3 is 15.3 Å². The van der Waals surface area contributed by atoms with E-state index in [0.29, 0.717) is 11.1 Å². The van der Waals surface area contributed by atoms with Crippen molar-refractivity contribution in [2.75, 3.05) is 7.11 Å². The molecule has 0 spiro atoms. The molecule has 2 aromatic heterocycles. The third kappa shape index (κ3) is 4.14. The normalized spacial score (nSPS) is 12.1. The summed E-state index contributed by atoms with van der Waals surface area (Å²) in [5.41, 5.74) is 0.195. The molecule has 0 amide bonds.